The fraction of sp³-hybridized carbons (Fsp3) is 0.158. The molecule has 0 spiro atoms. The molecule has 2 aromatic carbocycles. The number of anilines is 1. The molecule has 0 saturated carbocycles. The van der Waals surface area contributed by atoms with Crippen molar-refractivity contribution in [1.82, 2.24) is 10.3 Å². The lowest BCUT2D eigenvalue weighted by Gasteiger charge is -2.07. The molecule has 2 amide bonds. The maximum Gasteiger partial charge on any atom is 0.243 e. The minimum atomic E-state index is -0.244. The smallest absolute Gasteiger partial charge is 0.243 e. The van der Waals surface area contributed by atoms with E-state index in [9.17, 15) is 9.59 Å². The van der Waals surface area contributed by atoms with Crippen LogP contribution in [0.4, 0.5) is 5.69 Å². The van der Waals surface area contributed by atoms with Crippen LogP contribution in [-0.4, -0.2) is 23.3 Å². The summed E-state index contributed by atoms with van der Waals surface area (Å²) in [5.74, 6) is -0.426. The molecule has 0 saturated heterocycles. The summed E-state index contributed by atoms with van der Waals surface area (Å²) < 4.78 is 0. The number of rotatable bonds is 5. The van der Waals surface area contributed by atoms with Crippen molar-refractivity contribution in [2.75, 3.05) is 11.9 Å². The number of H-pyrrole nitrogens is 1. The quantitative estimate of drug-likeness (QED) is 0.676. The molecule has 122 valence electrons. The van der Waals surface area contributed by atoms with Gasteiger partial charge in [-0.2, -0.15) is 0 Å². The Morgan fingerprint density at radius 1 is 1.00 bits per heavy atom. The standard InChI is InChI=1S/C19H19N3O2/c1-13-6-8-15(9-7-13)22-19(24)12-21-18(23)10-14-11-20-17-5-3-2-4-16(14)17/h2-9,11,20H,10,12H2,1H3,(H,21,23)(H,22,24). The number of fused-ring (bicyclic) bond motifs is 1. The van der Waals surface area contributed by atoms with Crippen LogP contribution in [0, 0.1) is 6.92 Å². The van der Waals surface area contributed by atoms with E-state index in [-0.39, 0.29) is 24.8 Å². The van der Waals surface area contributed by atoms with Gasteiger partial charge in [0, 0.05) is 22.8 Å². The highest BCUT2D eigenvalue weighted by Crippen LogP contribution is 2.17. The fourth-order valence-corrected chi connectivity index (χ4v) is 2.53. The largest absolute Gasteiger partial charge is 0.361 e. The highest BCUT2D eigenvalue weighted by Gasteiger charge is 2.10. The predicted molar refractivity (Wildman–Crippen MR) is 94.8 cm³/mol. The van der Waals surface area contributed by atoms with E-state index in [2.05, 4.69) is 15.6 Å². The number of para-hydroxylation sites is 1. The van der Waals surface area contributed by atoms with Crippen molar-refractivity contribution in [3.8, 4) is 0 Å². The highest BCUT2D eigenvalue weighted by atomic mass is 16.2. The second-order valence-corrected chi connectivity index (χ2v) is 5.73. The zero-order valence-corrected chi connectivity index (χ0v) is 13.4. The van der Waals surface area contributed by atoms with Gasteiger partial charge in [0.15, 0.2) is 0 Å². The van der Waals surface area contributed by atoms with Crippen molar-refractivity contribution in [2.45, 2.75) is 13.3 Å². The lowest BCUT2D eigenvalue weighted by Crippen LogP contribution is -2.33. The normalized spacial score (nSPS) is 10.5. The van der Waals surface area contributed by atoms with Gasteiger partial charge in [-0.25, -0.2) is 0 Å². The number of carbonyl (C=O) groups excluding carboxylic acids is 2. The molecule has 3 aromatic rings. The van der Waals surface area contributed by atoms with E-state index in [1.165, 1.54) is 0 Å². The third-order valence-electron chi connectivity index (χ3n) is 3.81. The summed E-state index contributed by atoms with van der Waals surface area (Å²) in [7, 11) is 0. The average Bonchev–Trinajstić information content (AvgIpc) is 2.98. The van der Waals surface area contributed by atoms with Gasteiger partial charge in [0.2, 0.25) is 11.8 Å². The van der Waals surface area contributed by atoms with Crippen molar-refractivity contribution >= 4 is 28.4 Å². The summed E-state index contributed by atoms with van der Waals surface area (Å²) in [5, 5.41) is 6.43. The van der Waals surface area contributed by atoms with Gasteiger partial charge in [-0.05, 0) is 30.7 Å². The maximum atomic E-state index is 12.1. The first-order valence-electron chi connectivity index (χ1n) is 7.80. The molecule has 24 heavy (non-hydrogen) atoms. The molecular formula is C19H19N3O2. The second-order valence-electron chi connectivity index (χ2n) is 5.73. The molecule has 0 aliphatic heterocycles. The SMILES string of the molecule is Cc1ccc(NC(=O)CNC(=O)Cc2c[nH]c3ccccc23)cc1. The van der Waals surface area contributed by atoms with Crippen LogP contribution in [0.15, 0.2) is 54.7 Å². The molecule has 0 bridgehead atoms. The summed E-state index contributed by atoms with van der Waals surface area (Å²) in [5.41, 5.74) is 3.76. The predicted octanol–water partition coefficient (Wildman–Crippen LogP) is 2.77. The van der Waals surface area contributed by atoms with Gasteiger partial charge in [0.25, 0.3) is 0 Å². The van der Waals surface area contributed by atoms with Crippen LogP contribution in [0.2, 0.25) is 0 Å². The monoisotopic (exact) mass is 321 g/mol. The summed E-state index contributed by atoms with van der Waals surface area (Å²) in [6, 6.07) is 15.3. The first-order valence-corrected chi connectivity index (χ1v) is 7.80. The van der Waals surface area contributed by atoms with Gasteiger partial charge in [0.05, 0.1) is 13.0 Å². The minimum Gasteiger partial charge on any atom is -0.361 e. The number of aromatic amines is 1. The van der Waals surface area contributed by atoms with Crippen molar-refractivity contribution in [1.29, 1.82) is 0 Å². The van der Waals surface area contributed by atoms with Crippen LogP contribution >= 0.6 is 0 Å². The Morgan fingerprint density at radius 3 is 2.54 bits per heavy atom. The molecule has 1 aromatic heterocycles. The average molecular weight is 321 g/mol. The van der Waals surface area contributed by atoms with E-state index in [1.807, 2.05) is 61.7 Å². The van der Waals surface area contributed by atoms with E-state index in [4.69, 9.17) is 0 Å². The number of hydrogen-bond donors (Lipinski definition) is 3. The summed E-state index contributed by atoms with van der Waals surface area (Å²) in [6.07, 6.45) is 2.07. The Hall–Kier alpha value is -3.08. The molecule has 0 radical (unpaired) electrons. The number of hydrogen-bond acceptors (Lipinski definition) is 2. The molecule has 0 atom stereocenters. The molecule has 5 heteroatoms. The zero-order chi connectivity index (χ0) is 16.9. The molecular weight excluding hydrogens is 302 g/mol. The van der Waals surface area contributed by atoms with E-state index >= 15 is 0 Å². The molecule has 3 N–H and O–H groups in total. The van der Waals surface area contributed by atoms with Gasteiger partial charge in [-0.3, -0.25) is 9.59 Å². The molecule has 3 rings (SSSR count). The van der Waals surface area contributed by atoms with E-state index in [0.717, 1.165) is 27.7 Å². The van der Waals surface area contributed by atoms with Crippen LogP contribution in [0.3, 0.4) is 0 Å². The maximum absolute atomic E-state index is 12.1. The van der Waals surface area contributed by atoms with Crippen molar-refractivity contribution in [2.24, 2.45) is 0 Å². The van der Waals surface area contributed by atoms with Crippen molar-refractivity contribution in [3.63, 3.8) is 0 Å². The van der Waals surface area contributed by atoms with Gasteiger partial charge in [-0.15, -0.1) is 0 Å². The molecule has 0 aliphatic rings. The number of amides is 2. The van der Waals surface area contributed by atoms with Crippen LogP contribution in [-0.2, 0) is 16.0 Å². The molecule has 1 heterocycles. The van der Waals surface area contributed by atoms with Gasteiger partial charge in [-0.1, -0.05) is 35.9 Å². The van der Waals surface area contributed by atoms with E-state index in [1.54, 1.807) is 0 Å². The number of carbonyl (C=O) groups is 2. The first-order chi connectivity index (χ1) is 11.6. The van der Waals surface area contributed by atoms with Gasteiger partial charge < -0.3 is 15.6 Å². The topological polar surface area (TPSA) is 74.0 Å². The third kappa shape index (κ3) is 3.81. The molecule has 0 unspecified atom stereocenters. The number of aryl methyl sites for hydroxylation is 1. The Bertz CT molecular complexity index is 866. The van der Waals surface area contributed by atoms with Crippen molar-refractivity contribution in [3.05, 3.63) is 65.9 Å². The Balaban J connectivity index is 1.52. The fourth-order valence-electron chi connectivity index (χ4n) is 2.53. The van der Waals surface area contributed by atoms with E-state index in [0.29, 0.717) is 0 Å². The van der Waals surface area contributed by atoms with Crippen LogP contribution in [0.25, 0.3) is 10.9 Å². The van der Waals surface area contributed by atoms with Gasteiger partial charge in [0.1, 0.15) is 0 Å². The van der Waals surface area contributed by atoms with Crippen LogP contribution < -0.4 is 10.6 Å². The summed E-state index contributed by atoms with van der Waals surface area (Å²) in [4.78, 5) is 27.1. The minimum absolute atomic E-state index is 0.0466. The summed E-state index contributed by atoms with van der Waals surface area (Å²) >= 11 is 0. The number of benzene rings is 2. The van der Waals surface area contributed by atoms with Crippen LogP contribution in [0.5, 0.6) is 0 Å². The highest BCUT2D eigenvalue weighted by molar-refractivity contribution is 5.95. The third-order valence-corrected chi connectivity index (χ3v) is 3.81. The Morgan fingerprint density at radius 2 is 1.75 bits per heavy atom. The van der Waals surface area contributed by atoms with Crippen molar-refractivity contribution < 1.29 is 9.59 Å². The second kappa shape index (κ2) is 7.00. The lowest BCUT2D eigenvalue weighted by atomic mass is 10.1. The Labute approximate surface area is 140 Å². The molecule has 0 aliphatic carbocycles. The molecule has 5 nitrogen and oxygen atoms in total. The van der Waals surface area contributed by atoms with Crippen LogP contribution in [0.1, 0.15) is 11.1 Å². The van der Waals surface area contributed by atoms with E-state index < -0.39 is 0 Å². The Kier molecular flexibility index (Phi) is 4.61. The zero-order valence-electron chi connectivity index (χ0n) is 13.4. The first kappa shape index (κ1) is 15.8. The molecule has 0 fully saturated rings. The number of nitrogens with one attached hydrogen (secondary N) is 3. The number of aromatic nitrogens is 1. The lowest BCUT2D eigenvalue weighted by molar-refractivity contribution is -0.123. The van der Waals surface area contributed by atoms with Gasteiger partial charge >= 0.3 is 0 Å². The summed E-state index contributed by atoms with van der Waals surface area (Å²) in [6.45, 7) is 1.94.